The number of nitrogens with one attached hydrogen (secondary N) is 1. The Kier molecular flexibility index (Phi) is 3.09. The number of nitrogens with two attached hydrogens (primary N) is 1. The lowest BCUT2D eigenvalue weighted by Crippen LogP contribution is -2.41. The first kappa shape index (κ1) is 13.6. The molecule has 0 saturated carbocycles. The van der Waals surface area contributed by atoms with Crippen LogP contribution in [-0.4, -0.2) is 14.3 Å². The van der Waals surface area contributed by atoms with Crippen molar-refractivity contribution in [2.24, 2.45) is 5.14 Å². The average molecular weight is 301 g/mol. The third-order valence-electron chi connectivity index (χ3n) is 2.64. The van der Waals surface area contributed by atoms with Crippen LogP contribution in [0.2, 0.25) is 5.02 Å². The van der Waals surface area contributed by atoms with E-state index in [1.807, 2.05) is 0 Å². The fourth-order valence-corrected chi connectivity index (χ4v) is 2.86. The molecule has 1 aromatic carbocycles. The van der Waals surface area contributed by atoms with Crippen molar-refractivity contribution < 1.29 is 21.6 Å². The fourth-order valence-electron chi connectivity index (χ4n) is 1.95. The van der Waals surface area contributed by atoms with E-state index in [1.54, 1.807) is 4.72 Å². The highest BCUT2D eigenvalue weighted by atomic mass is 35.5. The van der Waals surface area contributed by atoms with Crippen LogP contribution in [0.4, 0.5) is 13.2 Å². The summed E-state index contributed by atoms with van der Waals surface area (Å²) in [6.45, 7) is 0. The minimum Gasteiger partial charge on any atom is -0.216 e. The summed E-state index contributed by atoms with van der Waals surface area (Å²) in [4.78, 5) is 0. The molecule has 0 aromatic heterocycles. The van der Waals surface area contributed by atoms with Gasteiger partial charge in [0, 0.05) is 12.0 Å². The summed E-state index contributed by atoms with van der Waals surface area (Å²) in [5, 5.41) is 4.15. The van der Waals surface area contributed by atoms with Gasteiger partial charge in [0.15, 0.2) is 0 Å². The lowest BCUT2D eigenvalue weighted by atomic mass is 10.1. The molecule has 4 nitrogen and oxygen atoms in total. The summed E-state index contributed by atoms with van der Waals surface area (Å²) >= 11 is 5.61. The van der Waals surface area contributed by atoms with E-state index in [9.17, 15) is 21.6 Å². The Labute approximate surface area is 106 Å². The standard InChI is InChI=1S/C9H8ClF3N2O2S/c10-7-5(11)2-1-4-3-9(12,13)8(6(4)7)15-18(14,16)17/h1-2,8,15H,3H2,(H2,14,16,17)/t8-/m0/s1. The third kappa shape index (κ3) is 2.33. The Bertz CT molecular complexity index is 606. The monoisotopic (exact) mass is 300 g/mol. The summed E-state index contributed by atoms with van der Waals surface area (Å²) < 4.78 is 63.9. The Hall–Kier alpha value is -0.830. The molecule has 1 aliphatic rings. The molecule has 0 amide bonds. The second kappa shape index (κ2) is 4.09. The van der Waals surface area contributed by atoms with Gasteiger partial charge in [0.2, 0.25) is 0 Å². The molecule has 0 unspecified atom stereocenters. The van der Waals surface area contributed by atoms with Crippen molar-refractivity contribution in [2.75, 3.05) is 0 Å². The second-order valence-corrected chi connectivity index (χ2v) is 5.67. The van der Waals surface area contributed by atoms with E-state index in [0.29, 0.717) is 0 Å². The van der Waals surface area contributed by atoms with Gasteiger partial charge in [-0.3, -0.25) is 0 Å². The maximum atomic E-state index is 13.7. The topological polar surface area (TPSA) is 72.2 Å². The number of halogens is 4. The molecule has 1 aliphatic carbocycles. The van der Waals surface area contributed by atoms with E-state index < -0.39 is 39.4 Å². The number of hydrogen-bond donors (Lipinski definition) is 2. The fraction of sp³-hybridized carbons (Fsp3) is 0.333. The van der Waals surface area contributed by atoms with E-state index in [2.05, 4.69) is 5.14 Å². The summed E-state index contributed by atoms with van der Waals surface area (Å²) in [5.74, 6) is -4.30. The molecular weight excluding hydrogens is 293 g/mol. The molecule has 1 atom stereocenters. The van der Waals surface area contributed by atoms with E-state index in [4.69, 9.17) is 11.6 Å². The van der Waals surface area contributed by atoms with E-state index in [1.165, 1.54) is 0 Å². The van der Waals surface area contributed by atoms with Crippen LogP contribution in [0.15, 0.2) is 12.1 Å². The van der Waals surface area contributed by atoms with Gasteiger partial charge in [0.05, 0.1) is 5.02 Å². The van der Waals surface area contributed by atoms with E-state index in [0.717, 1.165) is 12.1 Å². The van der Waals surface area contributed by atoms with Crippen LogP contribution < -0.4 is 9.86 Å². The Balaban J connectivity index is 2.57. The number of alkyl halides is 2. The molecule has 1 aromatic rings. The Morgan fingerprint density at radius 3 is 2.61 bits per heavy atom. The van der Waals surface area contributed by atoms with Crippen molar-refractivity contribution >= 4 is 21.8 Å². The molecule has 0 fully saturated rings. The quantitative estimate of drug-likeness (QED) is 0.869. The van der Waals surface area contributed by atoms with Gasteiger partial charge >= 0.3 is 0 Å². The molecule has 0 radical (unpaired) electrons. The van der Waals surface area contributed by atoms with Crippen LogP contribution in [0.3, 0.4) is 0 Å². The molecule has 18 heavy (non-hydrogen) atoms. The first-order chi connectivity index (χ1) is 8.12. The van der Waals surface area contributed by atoms with Gasteiger partial charge < -0.3 is 0 Å². The third-order valence-corrected chi connectivity index (χ3v) is 3.59. The van der Waals surface area contributed by atoms with E-state index in [-0.39, 0.29) is 11.1 Å². The Morgan fingerprint density at radius 1 is 1.44 bits per heavy atom. The normalized spacial score (nSPS) is 21.9. The van der Waals surface area contributed by atoms with Crippen LogP contribution >= 0.6 is 11.6 Å². The van der Waals surface area contributed by atoms with E-state index >= 15 is 0 Å². The lowest BCUT2D eigenvalue weighted by molar-refractivity contribution is -0.0187. The highest BCUT2D eigenvalue weighted by molar-refractivity contribution is 7.87. The molecule has 0 heterocycles. The van der Waals surface area contributed by atoms with Crippen molar-refractivity contribution in [1.29, 1.82) is 0 Å². The molecule has 100 valence electrons. The molecule has 0 spiro atoms. The summed E-state index contributed by atoms with van der Waals surface area (Å²) in [7, 11) is -4.36. The van der Waals surface area contributed by atoms with Gasteiger partial charge in [-0.2, -0.15) is 13.1 Å². The first-order valence-corrected chi connectivity index (χ1v) is 6.69. The van der Waals surface area contributed by atoms with Crippen LogP contribution in [0.25, 0.3) is 0 Å². The first-order valence-electron chi connectivity index (χ1n) is 4.76. The van der Waals surface area contributed by atoms with Gasteiger partial charge in [-0.25, -0.2) is 18.3 Å². The van der Waals surface area contributed by atoms with Gasteiger partial charge in [-0.05, 0) is 11.6 Å². The second-order valence-electron chi connectivity index (χ2n) is 3.97. The largest absolute Gasteiger partial charge is 0.275 e. The summed E-state index contributed by atoms with van der Waals surface area (Å²) in [6, 6.07) is 0.150. The summed E-state index contributed by atoms with van der Waals surface area (Å²) in [6.07, 6.45) is -0.727. The highest BCUT2D eigenvalue weighted by Crippen LogP contribution is 2.46. The van der Waals surface area contributed by atoms with Crippen molar-refractivity contribution in [3.8, 4) is 0 Å². The zero-order valence-corrected chi connectivity index (χ0v) is 10.3. The molecule has 0 bridgehead atoms. The van der Waals surface area contributed by atoms with Crippen LogP contribution in [0, 0.1) is 5.82 Å². The van der Waals surface area contributed by atoms with Crippen LogP contribution in [0.5, 0.6) is 0 Å². The van der Waals surface area contributed by atoms with Gasteiger partial charge in [0.1, 0.15) is 11.9 Å². The zero-order valence-electron chi connectivity index (χ0n) is 8.75. The predicted octanol–water partition coefficient (Wildman–Crippen LogP) is 1.50. The maximum absolute atomic E-state index is 13.7. The summed E-state index contributed by atoms with van der Waals surface area (Å²) in [5.41, 5.74) is -0.178. The number of benzene rings is 1. The van der Waals surface area contributed by atoms with Gasteiger partial charge in [0.25, 0.3) is 16.1 Å². The van der Waals surface area contributed by atoms with Crippen molar-refractivity contribution in [1.82, 2.24) is 4.72 Å². The molecular formula is C9H8ClF3N2O2S. The van der Waals surface area contributed by atoms with Crippen molar-refractivity contribution in [2.45, 2.75) is 18.4 Å². The minimum absolute atomic E-state index is 0.0903. The van der Waals surface area contributed by atoms with Crippen LogP contribution in [0.1, 0.15) is 17.2 Å². The van der Waals surface area contributed by atoms with Gasteiger partial charge in [-0.15, -0.1) is 0 Å². The van der Waals surface area contributed by atoms with Crippen molar-refractivity contribution in [3.63, 3.8) is 0 Å². The number of rotatable bonds is 2. The molecule has 0 saturated heterocycles. The number of hydrogen-bond acceptors (Lipinski definition) is 2. The zero-order chi connectivity index (χ0) is 13.7. The molecule has 9 heteroatoms. The highest BCUT2D eigenvalue weighted by Gasteiger charge is 2.50. The Morgan fingerprint density at radius 2 is 2.06 bits per heavy atom. The maximum Gasteiger partial charge on any atom is 0.275 e. The lowest BCUT2D eigenvalue weighted by Gasteiger charge is -2.20. The van der Waals surface area contributed by atoms with Gasteiger partial charge in [-0.1, -0.05) is 17.7 Å². The van der Waals surface area contributed by atoms with Crippen molar-refractivity contribution in [3.05, 3.63) is 34.1 Å². The molecule has 3 N–H and O–H groups in total. The average Bonchev–Trinajstić information content (AvgIpc) is 2.43. The predicted molar refractivity (Wildman–Crippen MR) is 59.0 cm³/mol. The van der Waals surface area contributed by atoms with Crippen LogP contribution in [-0.2, 0) is 16.6 Å². The SMILES string of the molecule is NS(=O)(=O)N[C@H]1c2c(ccc(F)c2Cl)CC1(F)F. The minimum atomic E-state index is -4.36. The molecule has 2 rings (SSSR count). The smallest absolute Gasteiger partial charge is 0.216 e. The number of fused-ring (bicyclic) bond motifs is 1. The molecule has 0 aliphatic heterocycles.